The first-order chi connectivity index (χ1) is 7.20. The molecule has 1 amide bonds. The maximum Gasteiger partial charge on any atom is 0.274 e. The summed E-state index contributed by atoms with van der Waals surface area (Å²) in [6, 6.07) is 1.77. The van der Waals surface area contributed by atoms with Crippen LogP contribution in [0.5, 0.6) is 0 Å². The highest BCUT2D eigenvalue weighted by molar-refractivity contribution is 9.09. The molecule has 1 atom stereocenters. The lowest BCUT2D eigenvalue weighted by Crippen LogP contribution is -2.29. The molecule has 0 radical (unpaired) electrons. The van der Waals surface area contributed by atoms with E-state index < -0.39 is 0 Å². The van der Waals surface area contributed by atoms with E-state index in [0.29, 0.717) is 11.6 Å². The Balaban J connectivity index is 2.03. The first-order valence-electron chi connectivity index (χ1n) is 5.05. The molecular formula is C10H14BrN3O. The molecule has 1 aliphatic heterocycles. The van der Waals surface area contributed by atoms with Crippen molar-refractivity contribution < 1.29 is 4.79 Å². The molecular weight excluding hydrogens is 258 g/mol. The molecule has 1 saturated heterocycles. The predicted octanol–water partition coefficient (Wildman–Crippen LogP) is 1.28. The van der Waals surface area contributed by atoms with E-state index in [1.165, 1.54) is 0 Å². The van der Waals surface area contributed by atoms with Gasteiger partial charge in [0, 0.05) is 31.7 Å². The summed E-state index contributed by atoms with van der Waals surface area (Å²) >= 11 is 3.46. The second-order valence-corrected chi connectivity index (χ2v) is 4.58. The zero-order chi connectivity index (χ0) is 10.8. The zero-order valence-corrected chi connectivity index (χ0v) is 10.3. The Bertz CT molecular complexity index is 363. The van der Waals surface area contributed by atoms with Gasteiger partial charge in [0.05, 0.1) is 0 Å². The second-order valence-electron chi connectivity index (χ2n) is 3.93. The van der Waals surface area contributed by atoms with Gasteiger partial charge in [-0.15, -0.1) is 0 Å². The van der Waals surface area contributed by atoms with Crippen LogP contribution < -0.4 is 0 Å². The van der Waals surface area contributed by atoms with E-state index in [2.05, 4.69) is 21.0 Å². The summed E-state index contributed by atoms with van der Waals surface area (Å²) in [6.07, 6.45) is 2.88. The lowest BCUT2D eigenvalue weighted by molar-refractivity contribution is 0.0782. The fourth-order valence-electron chi connectivity index (χ4n) is 1.83. The van der Waals surface area contributed by atoms with Crippen LogP contribution in [0.3, 0.4) is 0 Å². The Labute approximate surface area is 97.4 Å². The van der Waals surface area contributed by atoms with Gasteiger partial charge in [-0.1, -0.05) is 15.9 Å². The smallest absolute Gasteiger partial charge is 0.274 e. The van der Waals surface area contributed by atoms with Crippen molar-refractivity contribution in [3.63, 3.8) is 0 Å². The largest absolute Gasteiger partial charge is 0.337 e. The van der Waals surface area contributed by atoms with E-state index in [9.17, 15) is 4.79 Å². The molecule has 0 aromatic carbocycles. The summed E-state index contributed by atoms with van der Waals surface area (Å²) in [4.78, 5) is 13.8. The molecule has 0 N–H and O–H groups in total. The lowest BCUT2D eigenvalue weighted by atomic mass is 10.2. The predicted molar refractivity (Wildman–Crippen MR) is 61.0 cm³/mol. The SMILES string of the molecule is Cn1ccc(C(=O)N2CCC(CBr)C2)n1. The van der Waals surface area contributed by atoms with E-state index in [1.54, 1.807) is 16.9 Å². The number of hydrogen-bond donors (Lipinski definition) is 0. The first-order valence-corrected chi connectivity index (χ1v) is 6.17. The normalized spacial score (nSPS) is 20.9. The molecule has 0 saturated carbocycles. The highest BCUT2D eigenvalue weighted by atomic mass is 79.9. The highest BCUT2D eigenvalue weighted by Gasteiger charge is 2.27. The van der Waals surface area contributed by atoms with Gasteiger partial charge in [-0.2, -0.15) is 5.10 Å². The van der Waals surface area contributed by atoms with Gasteiger partial charge in [0.2, 0.25) is 0 Å². The molecule has 2 rings (SSSR count). The zero-order valence-electron chi connectivity index (χ0n) is 8.69. The van der Waals surface area contributed by atoms with Gasteiger partial charge in [-0.3, -0.25) is 9.48 Å². The number of amides is 1. The molecule has 1 aromatic heterocycles. The Morgan fingerprint density at radius 3 is 3.07 bits per heavy atom. The molecule has 1 fully saturated rings. The highest BCUT2D eigenvalue weighted by Crippen LogP contribution is 2.19. The van der Waals surface area contributed by atoms with Crippen molar-refractivity contribution in [1.82, 2.24) is 14.7 Å². The summed E-state index contributed by atoms with van der Waals surface area (Å²) in [7, 11) is 1.82. The van der Waals surface area contributed by atoms with Crippen molar-refractivity contribution >= 4 is 21.8 Å². The number of aryl methyl sites for hydroxylation is 1. The number of likely N-dealkylation sites (tertiary alicyclic amines) is 1. The molecule has 82 valence electrons. The van der Waals surface area contributed by atoms with Crippen molar-refractivity contribution in [3.05, 3.63) is 18.0 Å². The number of rotatable bonds is 2. The number of hydrogen-bond acceptors (Lipinski definition) is 2. The van der Waals surface area contributed by atoms with Gasteiger partial charge in [-0.05, 0) is 18.4 Å². The van der Waals surface area contributed by atoms with Crippen LogP contribution in [0.1, 0.15) is 16.9 Å². The summed E-state index contributed by atoms with van der Waals surface area (Å²) in [5.41, 5.74) is 0.549. The quantitative estimate of drug-likeness (QED) is 0.761. The van der Waals surface area contributed by atoms with Gasteiger partial charge in [0.15, 0.2) is 0 Å². The molecule has 5 heteroatoms. The maximum atomic E-state index is 12.0. The Hall–Kier alpha value is -0.840. The van der Waals surface area contributed by atoms with Gasteiger partial charge < -0.3 is 4.90 Å². The topological polar surface area (TPSA) is 38.1 Å². The summed E-state index contributed by atoms with van der Waals surface area (Å²) in [6.45, 7) is 1.70. The Morgan fingerprint density at radius 2 is 2.53 bits per heavy atom. The molecule has 2 heterocycles. The standard InChI is InChI=1S/C10H14BrN3O/c1-13-4-3-9(12-13)10(15)14-5-2-8(6-11)7-14/h3-4,8H,2,5-7H2,1H3. The molecule has 1 aliphatic rings. The molecule has 0 aliphatic carbocycles. The van der Waals surface area contributed by atoms with Crippen molar-refractivity contribution in [2.24, 2.45) is 13.0 Å². The minimum atomic E-state index is 0.0547. The summed E-state index contributed by atoms with van der Waals surface area (Å²) in [5.74, 6) is 0.650. The van der Waals surface area contributed by atoms with Crippen LogP contribution in [0.25, 0.3) is 0 Å². The maximum absolute atomic E-state index is 12.0. The fraction of sp³-hybridized carbons (Fsp3) is 0.600. The molecule has 4 nitrogen and oxygen atoms in total. The monoisotopic (exact) mass is 271 g/mol. The number of aromatic nitrogens is 2. The number of carbonyl (C=O) groups excluding carboxylic acids is 1. The van der Waals surface area contributed by atoms with Crippen molar-refractivity contribution in [1.29, 1.82) is 0 Å². The number of nitrogens with zero attached hydrogens (tertiary/aromatic N) is 3. The first kappa shape index (κ1) is 10.7. The van der Waals surface area contributed by atoms with Crippen LogP contribution in [0.15, 0.2) is 12.3 Å². The lowest BCUT2D eigenvalue weighted by Gasteiger charge is -2.14. The minimum Gasteiger partial charge on any atom is -0.337 e. The third-order valence-corrected chi connectivity index (χ3v) is 3.64. The van der Waals surface area contributed by atoms with Crippen LogP contribution in [0.2, 0.25) is 0 Å². The molecule has 0 spiro atoms. The van der Waals surface area contributed by atoms with Crippen molar-refractivity contribution in [2.45, 2.75) is 6.42 Å². The van der Waals surface area contributed by atoms with Crippen LogP contribution in [-0.4, -0.2) is 39.0 Å². The third kappa shape index (κ3) is 2.22. The van der Waals surface area contributed by atoms with E-state index in [0.717, 1.165) is 24.8 Å². The average Bonchev–Trinajstić information content (AvgIpc) is 2.84. The van der Waals surface area contributed by atoms with Gasteiger partial charge in [0.25, 0.3) is 5.91 Å². The summed E-state index contributed by atoms with van der Waals surface area (Å²) in [5, 5.41) is 5.09. The Kier molecular flexibility index (Phi) is 3.09. The molecule has 0 bridgehead atoms. The van der Waals surface area contributed by atoms with Crippen molar-refractivity contribution in [3.8, 4) is 0 Å². The number of carbonyl (C=O) groups is 1. The van der Waals surface area contributed by atoms with Crippen LogP contribution >= 0.6 is 15.9 Å². The van der Waals surface area contributed by atoms with E-state index in [4.69, 9.17) is 0 Å². The van der Waals surface area contributed by atoms with Gasteiger partial charge >= 0.3 is 0 Å². The van der Waals surface area contributed by atoms with Gasteiger partial charge in [-0.25, -0.2) is 0 Å². The molecule has 15 heavy (non-hydrogen) atoms. The van der Waals surface area contributed by atoms with Crippen LogP contribution in [0, 0.1) is 5.92 Å². The summed E-state index contributed by atoms with van der Waals surface area (Å²) < 4.78 is 1.66. The van der Waals surface area contributed by atoms with Crippen LogP contribution in [0.4, 0.5) is 0 Å². The molecule has 1 unspecified atom stereocenters. The van der Waals surface area contributed by atoms with E-state index in [1.807, 2.05) is 11.9 Å². The fourth-order valence-corrected chi connectivity index (χ4v) is 2.36. The van der Waals surface area contributed by atoms with E-state index in [-0.39, 0.29) is 5.91 Å². The second kappa shape index (κ2) is 4.35. The Morgan fingerprint density at radius 1 is 1.73 bits per heavy atom. The van der Waals surface area contributed by atoms with Crippen molar-refractivity contribution in [2.75, 3.05) is 18.4 Å². The van der Waals surface area contributed by atoms with E-state index >= 15 is 0 Å². The minimum absolute atomic E-state index is 0.0547. The number of alkyl halides is 1. The number of halogens is 1. The average molecular weight is 272 g/mol. The van der Waals surface area contributed by atoms with Gasteiger partial charge in [0.1, 0.15) is 5.69 Å². The molecule has 1 aromatic rings. The third-order valence-electron chi connectivity index (χ3n) is 2.72. The van der Waals surface area contributed by atoms with Crippen LogP contribution in [-0.2, 0) is 7.05 Å².